The molecule has 1 N–H and O–H groups in total. The number of unbranched alkanes of at least 4 members (excludes halogenated alkanes) is 1. The Bertz CT molecular complexity index is 139. The van der Waals surface area contributed by atoms with Crippen LogP contribution in [0.3, 0.4) is 0 Å². The Morgan fingerprint density at radius 2 is 1.75 bits per heavy atom. The second kappa shape index (κ2) is 11.3. The Balaban J connectivity index is 3.14. The van der Waals surface area contributed by atoms with Gasteiger partial charge in [-0.2, -0.15) is 0 Å². The Hall–Kier alpha value is -0.160. The number of aliphatic hydroxyl groups excluding tert-OH is 1. The van der Waals surface area contributed by atoms with Crippen LogP contribution < -0.4 is 0 Å². The summed E-state index contributed by atoms with van der Waals surface area (Å²) < 4.78 is 16.1. The van der Waals surface area contributed by atoms with Crippen LogP contribution in [0, 0.1) is 0 Å². The molecule has 4 nitrogen and oxygen atoms in total. The SMILES string of the molecule is CCCCOCCOC(C)COCC(C)O. The molecule has 0 saturated heterocycles. The van der Waals surface area contributed by atoms with E-state index in [4.69, 9.17) is 19.3 Å². The van der Waals surface area contributed by atoms with Crippen molar-refractivity contribution in [3.63, 3.8) is 0 Å². The quantitative estimate of drug-likeness (QED) is 0.552. The molecule has 0 heterocycles. The summed E-state index contributed by atoms with van der Waals surface area (Å²) in [4.78, 5) is 0. The van der Waals surface area contributed by atoms with E-state index in [0.717, 1.165) is 19.4 Å². The van der Waals surface area contributed by atoms with Crippen molar-refractivity contribution in [3.8, 4) is 0 Å². The third-order valence-electron chi connectivity index (χ3n) is 1.98. The van der Waals surface area contributed by atoms with Gasteiger partial charge in [-0.3, -0.25) is 0 Å². The lowest BCUT2D eigenvalue weighted by molar-refractivity contribution is -0.0437. The van der Waals surface area contributed by atoms with Crippen LogP contribution in [0.2, 0.25) is 0 Å². The minimum absolute atomic E-state index is 0.0496. The highest BCUT2D eigenvalue weighted by atomic mass is 16.6. The first-order valence-electron chi connectivity index (χ1n) is 6.12. The Morgan fingerprint density at radius 3 is 2.38 bits per heavy atom. The highest BCUT2D eigenvalue weighted by Gasteiger charge is 2.03. The Morgan fingerprint density at radius 1 is 1.00 bits per heavy atom. The summed E-state index contributed by atoms with van der Waals surface area (Å²) in [6.07, 6.45) is 1.90. The van der Waals surface area contributed by atoms with E-state index in [0.29, 0.717) is 26.4 Å². The Kier molecular flexibility index (Phi) is 11.2. The lowest BCUT2D eigenvalue weighted by Gasteiger charge is -2.14. The van der Waals surface area contributed by atoms with Gasteiger partial charge in [0.15, 0.2) is 0 Å². The van der Waals surface area contributed by atoms with Gasteiger partial charge in [-0.25, -0.2) is 0 Å². The van der Waals surface area contributed by atoms with Crippen molar-refractivity contribution in [1.82, 2.24) is 0 Å². The van der Waals surface area contributed by atoms with E-state index in [1.54, 1.807) is 6.92 Å². The zero-order valence-electron chi connectivity index (χ0n) is 10.8. The first-order valence-corrected chi connectivity index (χ1v) is 6.12. The highest BCUT2D eigenvalue weighted by Crippen LogP contribution is 1.94. The predicted octanol–water partition coefficient (Wildman–Crippen LogP) is 1.61. The van der Waals surface area contributed by atoms with Crippen LogP contribution in [-0.2, 0) is 14.2 Å². The molecule has 0 aliphatic carbocycles. The van der Waals surface area contributed by atoms with Crippen molar-refractivity contribution in [2.24, 2.45) is 0 Å². The molecule has 0 saturated carbocycles. The molecule has 4 heteroatoms. The van der Waals surface area contributed by atoms with Crippen LogP contribution in [0.5, 0.6) is 0 Å². The second-order valence-electron chi connectivity index (χ2n) is 4.03. The third-order valence-corrected chi connectivity index (χ3v) is 1.98. The molecule has 16 heavy (non-hydrogen) atoms. The molecule has 0 aliphatic heterocycles. The van der Waals surface area contributed by atoms with Gasteiger partial charge in [0.05, 0.1) is 38.6 Å². The van der Waals surface area contributed by atoms with Gasteiger partial charge in [0.25, 0.3) is 0 Å². The lowest BCUT2D eigenvalue weighted by Crippen LogP contribution is -2.21. The monoisotopic (exact) mass is 234 g/mol. The first kappa shape index (κ1) is 15.8. The van der Waals surface area contributed by atoms with E-state index < -0.39 is 6.10 Å². The minimum Gasteiger partial charge on any atom is -0.391 e. The highest BCUT2D eigenvalue weighted by molar-refractivity contribution is 4.49. The number of rotatable bonds is 11. The van der Waals surface area contributed by atoms with Gasteiger partial charge in [-0.05, 0) is 20.3 Å². The zero-order chi connectivity index (χ0) is 12.2. The molecule has 0 aromatic heterocycles. The molecule has 0 aromatic carbocycles. The maximum atomic E-state index is 8.98. The fraction of sp³-hybridized carbons (Fsp3) is 1.00. The fourth-order valence-electron chi connectivity index (χ4n) is 1.11. The standard InChI is InChI=1S/C12H26O4/c1-4-5-6-14-7-8-16-12(3)10-15-9-11(2)13/h11-13H,4-10H2,1-3H3. The summed E-state index contributed by atoms with van der Waals surface area (Å²) in [7, 11) is 0. The largest absolute Gasteiger partial charge is 0.391 e. The minimum atomic E-state index is -0.412. The zero-order valence-corrected chi connectivity index (χ0v) is 10.8. The van der Waals surface area contributed by atoms with Gasteiger partial charge in [0.2, 0.25) is 0 Å². The third kappa shape index (κ3) is 11.9. The molecule has 0 fully saturated rings. The van der Waals surface area contributed by atoms with Crippen molar-refractivity contribution in [2.45, 2.75) is 45.8 Å². The van der Waals surface area contributed by atoms with E-state index in [1.807, 2.05) is 6.92 Å². The molecule has 0 spiro atoms. The number of ether oxygens (including phenoxy) is 3. The molecule has 98 valence electrons. The molecular formula is C12H26O4. The van der Waals surface area contributed by atoms with Gasteiger partial charge in [0, 0.05) is 6.61 Å². The first-order chi connectivity index (χ1) is 7.66. The normalized spacial score (nSPS) is 15.0. The van der Waals surface area contributed by atoms with Crippen LogP contribution in [0.4, 0.5) is 0 Å². The van der Waals surface area contributed by atoms with Crippen molar-refractivity contribution in [3.05, 3.63) is 0 Å². The topological polar surface area (TPSA) is 47.9 Å². The average molecular weight is 234 g/mol. The predicted molar refractivity (Wildman–Crippen MR) is 63.6 cm³/mol. The summed E-state index contributed by atoms with van der Waals surface area (Å²) in [6, 6.07) is 0. The van der Waals surface area contributed by atoms with E-state index in [9.17, 15) is 0 Å². The number of aliphatic hydroxyl groups is 1. The van der Waals surface area contributed by atoms with E-state index in [2.05, 4.69) is 6.92 Å². The van der Waals surface area contributed by atoms with Crippen LogP contribution in [0.1, 0.15) is 33.6 Å². The van der Waals surface area contributed by atoms with Crippen molar-refractivity contribution in [1.29, 1.82) is 0 Å². The maximum absolute atomic E-state index is 8.98. The average Bonchev–Trinajstić information content (AvgIpc) is 2.22. The molecule has 0 bridgehead atoms. The van der Waals surface area contributed by atoms with Gasteiger partial charge in [-0.15, -0.1) is 0 Å². The lowest BCUT2D eigenvalue weighted by atomic mass is 10.4. The molecule has 2 unspecified atom stereocenters. The van der Waals surface area contributed by atoms with E-state index in [1.165, 1.54) is 0 Å². The van der Waals surface area contributed by atoms with Gasteiger partial charge >= 0.3 is 0 Å². The molecule has 0 aromatic rings. The fourth-order valence-corrected chi connectivity index (χ4v) is 1.11. The maximum Gasteiger partial charge on any atom is 0.0781 e. The van der Waals surface area contributed by atoms with Crippen molar-refractivity contribution in [2.75, 3.05) is 33.0 Å². The summed E-state index contributed by atoms with van der Waals surface area (Å²) in [6.45, 7) is 8.72. The number of hydrogen-bond donors (Lipinski definition) is 1. The van der Waals surface area contributed by atoms with Crippen molar-refractivity contribution < 1.29 is 19.3 Å². The molecule has 0 radical (unpaired) electrons. The van der Waals surface area contributed by atoms with E-state index >= 15 is 0 Å². The summed E-state index contributed by atoms with van der Waals surface area (Å²) in [5, 5.41) is 8.98. The smallest absolute Gasteiger partial charge is 0.0781 e. The Labute approximate surface area is 98.9 Å². The molecular weight excluding hydrogens is 208 g/mol. The molecule has 0 rings (SSSR count). The summed E-state index contributed by atoms with van der Waals surface area (Å²) >= 11 is 0. The molecule has 2 atom stereocenters. The number of hydrogen-bond acceptors (Lipinski definition) is 4. The van der Waals surface area contributed by atoms with Crippen molar-refractivity contribution >= 4 is 0 Å². The van der Waals surface area contributed by atoms with Gasteiger partial charge < -0.3 is 19.3 Å². The van der Waals surface area contributed by atoms with E-state index in [-0.39, 0.29) is 6.10 Å². The van der Waals surface area contributed by atoms with Crippen LogP contribution in [0.15, 0.2) is 0 Å². The summed E-state index contributed by atoms with van der Waals surface area (Å²) in [5.74, 6) is 0. The van der Waals surface area contributed by atoms with Crippen LogP contribution in [0.25, 0.3) is 0 Å². The van der Waals surface area contributed by atoms with Gasteiger partial charge in [-0.1, -0.05) is 13.3 Å². The second-order valence-corrected chi connectivity index (χ2v) is 4.03. The van der Waals surface area contributed by atoms with Gasteiger partial charge in [0.1, 0.15) is 0 Å². The van der Waals surface area contributed by atoms with Crippen LogP contribution in [-0.4, -0.2) is 50.3 Å². The van der Waals surface area contributed by atoms with Crippen LogP contribution >= 0.6 is 0 Å². The molecule has 0 aliphatic rings. The summed E-state index contributed by atoms with van der Waals surface area (Å²) in [5.41, 5.74) is 0. The molecule has 0 amide bonds.